The van der Waals surface area contributed by atoms with E-state index in [0.29, 0.717) is 32.9 Å². The van der Waals surface area contributed by atoms with Gasteiger partial charge in [-0.25, -0.2) is 0 Å². The maximum absolute atomic E-state index is 12.5. The number of hydrogen-bond acceptors (Lipinski definition) is 3. The first-order valence-corrected chi connectivity index (χ1v) is 8.81. The molecule has 0 unspecified atom stereocenters. The van der Waals surface area contributed by atoms with Gasteiger partial charge in [-0.05, 0) is 38.4 Å². The van der Waals surface area contributed by atoms with E-state index in [9.17, 15) is 14.9 Å². The van der Waals surface area contributed by atoms with Gasteiger partial charge in [0.15, 0.2) is 0 Å². The number of rotatable bonds is 0. The molecule has 0 saturated carbocycles. The zero-order valence-corrected chi connectivity index (χ0v) is 14.5. The van der Waals surface area contributed by atoms with Gasteiger partial charge >= 0.3 is 0 Å². The number of fused-ring (bicyclic) bond motifs is 2. The van der Waals surface area contributed by atoms with Gasteiger partial charge in [0.25, 0.3) is 11.8 Å². The molecule has 0 saturated heterocycles. The Balaban J connectivity index is 2.11. The Labute approximate surface area is 160 Å². The summed E-state index contributed by atoms with van der Waals surface area (Å²) in [6, 6.07) is 17.4. The Hall–Kier alpha value is -3.91. The smallest absolute Gasteiger partial charge is 0.258 e. The van der Waals surface area contributed by atoms with Crippen LogP contribution in [0.3, 0.4) is 0 Å². The molecular formula is C23H9BN2O2. The van der Waals surface area contributed by atoms with E-state index in [1.54, 1.807) is 12.1 Å². The molecular weight excluding hydrogens is 347 g/mol. The third-order valence-corrected chi connectivity index (χ3v) is 5.72. The number of imide groups is 1. The maximum atomic E-state index is 12.5. The van der Waals surface area contributed by atoms with E-state index in [0.717, 1.165) is 32.3 Å². The largest absolute Gasteiger partial charge is 0.288 e. The predicted molar refractivity (Wildman–Crippen MR) is 110 cm³/mol. The summed E-state index contributed by atoms with van der Waals surface area (Å²) in [5, 5.41) is 18.9. The molecule has 126 valence electrons. The summed E-state index contributed by atoms with van der Waals surface area (Å²) in [7, 11) is 6.42. The lowest BCUT2D eigenvalue weighted by Crippen LogP contribution is -2.35. The van der Waals surface area contributed by atoms with Crippen LogP contribution in [-0.2, 0) is 0 Å². The van der Waals surface area contributed by atoms with Crippen LogP contribution in [0.5, 0.6) is 0 Å². The number of nitriles is 1. The molecule has 0 spiro atoms. The first kappa shape index (κ1) is 15.2. The molecule has 5 heteroatoms. The molecule has 2 radical (unpaired) electrons. The van der Waals surface area contributed by atoms with Crippen LogP contribution in [0.1, 0.15) is 26.3 Å². The number of carbonyl (C=O) groups excluding carboxylic acids is 2. The van der Waals surface area contributed by atoms with Gasteiger partial charge in [-0.2, -0.15) is 5.26 Å². The minimum atomic E-state index is -0.492. The lowest BCUT2D eigenvalue weighted by Gasteiger charge is -2.23. The van der Waals surface area contributed by atoms with Crippen LogP contribution in [0.4, 0.5) is 0 Å². The van der Waals surface area contributed by atoms with E-state index >= 15 is 0 Å². The fraction of sp³-hybridized carbons (Fsp3) is 0. The summed E-state index contributed by atoms with van der Waals surface area (Å²) in [4.78, 5) is 25.0. The standard InChI is InChI=1S/C23H9BN2O2/c24-16-8-15-19-14(22(27)26-23(15)28)7-11(9-25)18-12-5-1-3-10-4-2-6-13(17(10)12)20(16)21(18)19/h1-8H,(H,26,27,28). The Morgan fingerprint density at radius 2 is 1.43 bits per heavy atom. The molecule has 1 N–H and O–H groups in total. The zero-order chi connectivity index (χ0) is 19.2. The second kappa shape index (κ2) is 4.87. The lowest BCUT2D eigenvalue weighted by atomic mass is 9.77. The Kier molecular flexibility index (Phi) is 2.64. The molecule has 5 aromatic rings. The highest BCUT2D eigenvalue weighted by Gasteiger charge is 2.29. The monoisotopic (exact) mass is 356 g/mol. The highest BCUT2D eigenvalue weighted by Crippen LogP contribution is 2.43. The number of nitrogens with one attached hydrogen (secondary N) is 1. The van der Waals surface area contributed by atoms with E-state index in [1.165, 1.54) is 0 Å². The van der Waals surface area contributed by atoms with Gasteiger partial charge in [0, 0.05) is 21.9 Å². The summed E-state index contributed by atoms with van der Waals surface area (Å²) >= 11 is 0. The Morgan fingerprint density at radius 1 is 0.786 bits per heavy atom. The van der Waals surface area contributed by atoms with Gasteiger partial charge in [0.2, 0.25) is 0 Å². The molecule has 0 aliphatic carbocycles. The molecule has 0 bridgehead atoms. The summed E-state index contributed by atoms with van der Waals surface area (Å²) in [6.07, 6.45) is 0. The lowest BCUT2D eigenvalue weighted by molar-refractivity contribution is 0.0845. The fourth-order valence-electron chi connectivity index (χ4n) is 4.67. The van der Waals surface area contributed by atoms with Gasteiger partial charge in [-0.3, -0.25) is 14.9 Å². The van der Waals surface area contributed by atoms with Crippen LogP contribution in [-0.4, -0.2) is 19.7 Å². The minimum absolute atomic E-state index is 0.331. The van der Waals surface area contributed by atoms with Crippen molar-refractivity contribution in [2.75, 3.05) is 0 Å². The van der Waals surface area contributed by atoms with Gasteiger partial charge in [0.1, 0.15) is 7.85 Å². The number of nitrogens with zero attached hydrogens (tertiary/aromatic N) is 1. The average molecular weight is 356 g/mol. The van der Waals surface area contributed by atoms with Crippen LogP contribution in [0.15, 0.2) is 48.5 Å². The van der Waals surface area contributed by atoms with Crippen LogP contribution in [0.2, 0.25) is 0 Å². The van der Waals surface area contributed by atoms with Crippen molar-refractivity contribution in [3.8, 4) is 6.07 Å². The van der Waals surface area contributed by atoms with Gasteiger partial charge in [-0.1, -0.05) is 47.9 Å². The summed E-state index contributed by atoms with van der Waals surface area (Å²) in [5.41, 5.74) is 1.55. The molecule has 1 aliphatic heterocycles. The summed E-state index contributed by atoms with van der Waals surface area (Å²) in [6.45, 7) is 0. The number of benzene rings is 5. The van der Waals surface area contributed by atoms with E-state index < -0.39 is 11.8 Å². The van der Waals surface area contributed by atoms with Crippen molar-refractivity contribution in [2.24, 2.45) is 0 Å². The van der Waals surface area contributed by atoms with Crippen molar-refractivity contribution < 1.29 is 9.59 Å². The maximum Gasteiger partial charge on any atom is 0.258 e. The molecule has 28 heavy (non-hydrogen) atoms. The van der Waals surface area contributed by atoms with Crippen molar-refractivity contribution in [2.45, 2.75) is 0 Å². The van der Waals surface area contributed by atoms with E-state index in [4.69, 9.17) is 7.85 Å². The zero-order valence-electron chi connectivity index (χ0n) is 14.5. The van der Waals surface area contributed by atoms with E-state index in [1.807, 2.05) is 36.4 Å². The Morgan fingerprint density at radius 3 is 2.11 bits per heavy atom. The van der Waals surface area contributed by atoms with Crippen LogP contribution >= 0.6 is 0 Å². The number of amides is 2. The van der Waals surface area contributed by atoms with Crippen LogP contribution < -0.4 is 10.8 Å². The highest BCUT2D eigenvalue weighted by molar-refractivity contribution is 6.49. The molecule has 0 atom stereocenters. The van der Waals surface area contributed by atoms with Crippen molar-refractivity contribution in [1.82, 2.24) is 5.32 Å². The first-order valence-electron chi connectivity index (χ1n) is 8.81. The van der Waals surface area contributed by atoms with Gasteiger partial charge in [-0.15, -0.1) is 0 Å². The normalized spacial score (nSPS) is 13.5. The summed E-state index contributed by atoms with van der Waals surface area (Å²) < 4.78 is 0. The second-order valence-electron chi connectivity index (χ2n) is 7.09. The third kappa shape index (κ3) is 1.61. The minimum Gasteiger partial charge on any atom is -0.288 e. The fourth-order valence-corrected chi connectivity index (χ4v) is 4.67. The second-order valence-corrected chi connectivity index (χ2v) is 7.09. The predicted octanol–water partition coefficient (Wildman–Crippen LogP) is 3.29. The third-order valence-electron chi connectivity index (χ3n) is 5.72. The molecule has 6 rings (SSSR count). The Bertz CT molecular complexity index is 1590. The molecule has 4 nitrogen and oxygen atoms in total. The van der Waals surface area contributed by atoms with Crippen molar-refractivity contribution in [3.05, 3.63) is 65.2 Å². The van der Waals surface area contributed by atoms with Crippen molar-refractivity contribution in [1.29, 1.82) is 5.26 Å². The topological polar surface area (TPSA) is 70.0 Å². The quantitative estimate of drug-likeness (QED) is 0.200. The van der Waals surface area contributed by atoms with Gasteiger partial charge in [0.05, 0.1) is 11.6 Å². The molecule has 0 fully saturated rings. The highest BCUT2D eigenvalue weighted by atomic mass is 16.2. The first-order chi connectivity index (χ1) is 13.6. The average Bonchev–Trinajstić information content (AvgIpc) is 2.70. The van der Waals surface area contributed by atoms with E-state index in [2.05, 4.69) is 11.4 Å². The molecule has 1 heterocycles. The van der Waals surface area contributed by atoms with E-state index in [-0.39, 0.29) is 0 Å². The molecule has 5 aromatic carbocycles. The summed E-state index contributed by atoms with van der Waals surface area (Å²) in [5.74, 6) is -0.961. The molecule has 2 amide bonds. The van der Waals surface area contributed by atoms with Crippen LogP contribution in [0, 0.1) is 11.3 Å². The van der Waals surface area contributed by atoms with Crippen LogP contribution in [0.25, 0.3) is 43.1 Å². The number of carbonyl (C=O) groups is 2. The van der Waals surface area contributed by atoms with Gasteiger partial charge < -0.3 is 0 Å². The molecule has 1 aliphatic rings. The van der Waals surface area contributed by atoms with Crippen molar-refractivity contribution in [3.63, 3.8) is 0 Å². The molecule has 0 aromatic heterocycles. The van der Waals surface area contributed by atoms with Crippen molar-refractivity contribution >= 4 is 68.2 Å². The SMILES string of the molecule is [B]c1cc2c3c(cc(C#N)c4c5cccc6cccc(c1c34)c65)C(=O)NC2=O. The number of hydrogen-bond donors (Lipinski definition) is 1.